The molecule has 1 aromatic carbocycles. The lowest BCUT2D eigenvalue weighted by atomic mass is 10.0. The number of imidazole rings is 1. The van der Waals surface area contributed by atoms with Gasteiger partial charge in [-0.2, -0.15) is 0 Å². The number of halogens is 1. The fourth-order valence-corrected chi connectivity index (χ4v) is 2.28. The van der Waals surface area contributed by atoms with Gasteiger partial charge < -0.3 is 10.3 Å². The molecule has 2 rings (SSSR count). The molecule has 0 saturated heterocycles. The van der Waals surface area contributed by atoms with Crippen molar-refractivity contribution >= 4 is 0 Å². The molecule has 0 aliphatic rings. The average Bonchev–Trinajstić information content (AvgIpc) is 2.77. The van der Waals surface area contributed by atoms with Crippen molar-refractivity contribution in [2.45, 2.75) is 32.4 Å². The zero-order valence-electron chi connectivity index (χ0n) is 10.7. The SMILES string of the molecule is CCc1nccn1C(c1cccc(F)c1)C(C)N. The zero-order valence-corrected chi connectivity index (χ0v) is 10.7. The lowest BCUT2D eigenvalue weighted by Gasteiger charge is -2.24. The normalized spacial score (nSPS) is 14.4. The Morgan fingerprint density at radius 3 is 2.83 bits per heavy atom. The summed E-state index contributed by atoms with van der Waals surface area (Å²) in [6.07, 6.45) is 4.48. The second-order valence-corrected chi connectivity index (χ2v) is 4.46. The lowest BCUT2D eigenvalue weighted by molar-refractivity contribution is 0.478. The van der Waals surface area contributed by atoms with Gasteiger partial charge in [0, 0.05) is 24.9 Å². The summed E-state index contributed by atoms with van der Waals surface area (Å²) in [5.41, 5.74) is 6.94. The number of nitrogens with two attached hydrogens (primary N) is 1. The minimum Gasteiger partial charge on any atom is -0.326 e. The molecule has 0 bridgehead atoms. The molecule has 1 heterocycles. The van der Waals surface area contributed by atoms with Crippen molar-refractivity contribution in [2.75, 3.05) is 0 Å². The number of nitrogens with zero attached hydrogens (tertiary/aromatic N) is 2. The fourth-order valence-electron chi connectivity index (χ4n) is 2.28. The van der Waals surface area contributed by atoms with E-state index in [0.29, 0.717) is 0 Å². The highest BCUT2D eigenvalue weighted by atomic mass is 19.1. The van der Waals surface area contributed by atoms with E-state index in [0.717, 1.165) is 17.8 Å². The Kier molecular flexibility index (Phi) is 3.77. The Labute approximate surface area is 106 Å². The maximum atomic E-state index is 13.3. The smallest absolute Gasteiger partial charge is 0.123 e. The molecule has 3 nitrogen and oxygen atoms in total. The van der Waals surface area contributed by atoms with E-state index in [-0.39, 0.29) is 17.9 Å². The van der Waals surface area contributed by atoms with Crippen LogP contribution in [0, 0.1) is 5.82 Å². The average molecular weight is 247 g/mol. The fraction of sp³-hybridized carbons (Fsp3) is 0.357. The third-order valence-corrected chi connectivity index (χ3v) is 3.05. The van der Waals surface area contributed by atoms with Crippen LogP contribution < -0.4 is 5.73 Å². The highest BCUT2D eigenvalue weighted by Crippen LogP contribution is 2.23. The first-order valence-electron chi connectivity index (χ1n) is 6.16. The van der Waals surface area contributed by atoms with Crippen LogP contribution >= 0.6 is 0 Å². The standard InChI is InChI=1S/C14H18FN3/c1-3-13-17-7-8-18(13)14(10(2)16)11-5-4-6-12(15)9-11/h4-10,14H,3,16H2,1-2H3. The van der Waals surface area contributed by atoms with Crippen LogP contribution in [0.15, 0.2) is 36.7 Å². The highest BCUT2D eigenvalue weighted by Gasteiger charge is 2.20. The monoisotopic (exact) mass is 247 g/mol. The number of aromatic nitrogens is 2. The van der Waals surface area contributed by atoms with Crippen molar-refractivity contribution in [1.82, 2.24) is 9.55 Å². The summed E-state index contributed by atoms with van der Waals surface area (Å²) in [6, 6.07) is 6.38. The van der Waals surface area contributed by atoms with Crippen molar-refractivity contribution in [3.8, 4) is 0 Å². The molecule has 2 N–H and O–H groups in total. The van der Waals surface area contributed by atoms with E-state index in [2.05, 4.69) is 4.98 Å². The van der Waals surface area contributed by atoms with E-state index >= 15 is 0 Å². The summed E-state index contributed by atoms with van der Waals surface area (Å²) in [5.74, 6) is 0.720. The van der Waals surface area contributed by atoms with Gasteiger partial charge in [0.25, 0.3) is 0 Å². The molecule has 18 heavy (non-hydrogen) atoms. The molecule has 0 aliphatic heterocycles. The van der Waals surface area contributed by atoms with Crippen LogP contribution in [-0.2, 0) is 6.42 Å². The van der Waals surface area contributed by atoms with E-state index in [9.17, 15) is 4.39 Å². The number of benzene rings is 1. The predicted molar refractivity (Wildman–Crippen MR) is 69.8 cm³/mol. The number of aryl methyl sites for hydroxylation is 1. The van der Waals surface area contributed by atoms with Gasteiger partial charge in [-0.1, -0.05) is 19.1 Å². The van der Waals surface area contributed by atoms with Gasteiger partial charge in [0.05, 0.1) is 6.04 Å². The van der Waals surface area contributed by atoms with Crippen molar-refractivity contribution in [3.63, 3.8) is 0 Å². The molecule has 2 atom stereocenters. The molecule has 1 aromatic heterocycles. The first-order valence-corrected chi connectivity index (χ1v) is 6.16. The van der Waals surface area contributed by atoms with E-state index in [4.69, 9.17) is 5.73 Å². The molecular weight excluding hydrogens is 229 g/mol. The molecule has 0 fully saturated rings. The molecular formula is C14H18FN3. The molecule has 0 aliphatic carbocycles. The third-order valence-electron chi connectivity index (χ3n) is 3.05. The Morgan fingerprint density at radius 2 is 2.22 bits per heavy atom. The summed E-state index contributed by atoms with van der Waals surface area (Å²) < 4.78 is 15.4. The van der Waals surface area contributed by atoms with Crippen LogP contribution in [0.3, 0.4) is 0 Å². The maximum Gasteiger partial charge on any atom is 0.123 e. The van der Waals surface area contributed by atoms with Gasteiger partial charge in [-0.25, -0.2) is 9.37 Å². The van der Waals surface area contributed by atoms with Gasteiger partial charge in [0.1, 0.15) is 11.6 Å². The van der Waals surface area contributed by atoms with Gasteiger partial charge >= 0.3 is 0 Å². The van der Waals surface area contributed by atoms with Crippen LogP contribution in [0.1, 0.15) is 31.3 Å². The Hall–Kier alpha value is -1.68. The molecule has 0 amide bonds. The highest BCUT2D eigenvalue weighted by molar-refractivity contribution is 5.23. The van der Waals surface area contributed by atoms with Gasteiger partial charge in [0.15, 0.2) is 0 Å². The van der Waals surface area contributed by atoms with Crippen molar-refractivity contribution < 1.29 is 4.39 Å². The molecule has 2 unspecified atom stereocenters. The van der Waals surface area contributed by atoms with Crippen LogP contribution in [0.4, 0.5) is 4.39 Å². The van der Waals surface area contributed by atoms with E-state index in [1.165, 1.54) is 12.1 Å². The summed E-state index contributed by atoms with van der Waals surface area (Å²) in [6.45, 7) is 3.97. The molecule has 2 aromatic rings. The lowest BCUT2D eigenvalue weighted by Crippen LogP contribution is -2.31. The zero-order chi connectivity index (χ0) is 13.1. The number of hydrogen-bond donors (Lipinski definition) is 1. The van der Waals surface area contributed by atoms with Gasteiger partial charge in [-0.15, -0.1) is 0 Å². The Morgan fingerprint density at radius 1 is 1.44 bits per heavy atom. The topological polar surface area (TPSA) is 43.8 Å². The van der Waals surface area contributed by atoms with Gasteiger partial charge in [-0.3, -0.25) is 0 Å². The van der Waals surface area contributed by atoms with Crippen LogP contribution in [-0.4, -0.2) is 15.6 Å². The van der Waals surface area contributed by atoms with Gasteiger partial charge in [-0.05, 0) is 24.6 Å². The molecule has 96 valence electrons. The Balaban J connectivity index is 2.47. The second-order valence-electron chi connectivity index (χ2n) is 4.46. The number of rotatable bonds is 4. The largest absolute Gasteiger partial charge is 0.326 e. The van der Waals surface area contributed by atoms with E-state index < -0.39 is 0 Å². The van der Waals surface area contributed by atoms with Crippen LogP contribution in [0.5, 0.6) is 0 Å². The third kappa shape index (κ3) is 2.43. The first kappa shape index (κ1) is 12.8. The van der Waals surface area contributed by atoms with Crippen LogP contribution in [0.2, 0.25) is 0 Å². The van der Waals surface area contributed by atoms with Crippen LogP contribution in [0.25, 0.3) is 0 Å². The first-order chi connectivity index (χ1) is 8.63. The second kappa shape index (κ2) is 5.31. The molecule has 0 saturated carbocycles. The van der Waals surface area contributed by atoms with E-state index in [1.807, 2.05) is 30.7 Å². The maximum absolute atomic E-state index is 13.3. The van der Waals surface area contributed by atoms with Crippen molar-refractivity contribution in [2.24, 2.45) is 5.73 Å². The van der Waals surface area contributed by atoms with Gasteiger partial charge in [0.2, 0.25) is 0 Å². The van der Waals surface area contributed by atoms with Crippen molar-refractivity contribution in [1.29, 1.82) is 0 Å². The van der Waals surface area contributed by atoms with E-state index in [1.54, 1.807) is 12.3 Å². The summed E-state index contributed by atoms with van der Waals surface area (Å²) in [5, 5.41) is 0. The number of hydrogen-bond acceptors (Lipinski definition) is 2. The minimum absolute atomic E-state index is 0.0850. The predicted octanol–water partition coefficient (Wildman–Crippen LogP) is 2.52. The molecule has 4 heteroatoms. The molecule has 0 spiro atoms. The summed E-state index contributed by atoms with van der Waals surface area (Å²) in [7, 11) is 0. The summed E-state index contributed by atoms with van der Waals surface area (Å²) >= 11 is 0. The summed E-state index contributed by atoms with van der Waals surface area (Å²) in [4.78, 5) is 4.30. The minimum atomic E-state index is -0.240. The van der Waals surface area contributed by atoms with Crippen molar-refractivity contribution in [3.05, 3.63) is 53.9 Å². The Bertz CT molecular complexity index is 519. The quantitative estimate of drug-likeness (QED) is 0.902. The molecule has 0 radical (unpaired) electrons.